The summed E-state index contributed by atoms with van der Waals surface area (Å²) < 4.78 is 13.7. The van der Waals surface area contributed by atoms with Crippen LogP contribution in [-0.2, 0) is 6.54 Å². The first-order chi connectivity index (χ1) is 12.5. The van der Waals surface area contributed by atoms with Crippen LogP contribution < -0.4 is 10.6 Å². The molecular formula is C19H14Cl2FN3O. The molecule has 2 N–H and O–H groups in total. The smallest absolute Gasteiger partial charge is 0.257 e. The molecule has 0 spiro atoms. The number of rotatable bonds is 5. The zero-order valence-electron chi connectivity index (χ0n) is 13.5. The molecule has 0 aliphatic heterocycles. The van der Waals surface area contributed by atoms with E-state index in [1.165, 1.54) is 12.3 Å². The number of nitrogens with one attached hydrogen (secondary N) is 2. The fraction of sp³-hybridized carbons (Fsp3) is 0.0526. The maximum Gasteiger partial charge on any atom is 0.257 e. The van der Waals surface area contributed by atoms with Gasteiger partial charge in [0.15, 0.2) is 0 Å². The van der Waals surface area contributed by atoms with Gasteiger partial charge in [-0.3, -0.25) is 9.78 Å². The minimum absolute atomic E-state index is 0.280. The molecule has 26 heavy (non-hydrogen) atoms. The van der Waals surface area contributed by atoms with Gasteiger partial charge in [-0.25, -0.2) is 4.39 Å². The number of anilines is 2. The molecule has 0 bridgehead atoms. The first-order valence-corrected chi connectivity index (χ1v) is 8.47. The van der Waals surface area contributed by atoms with E-state index in [1.807, 2.05) is 0 Å². The van der Waals surface area contributed by atoms with E-state index in [0.29, 0.717) is 32.5 Å². The predicted octanol–water partition coefficient (Wildman–Crippen LogP) is 5.39. The summed E-state index contributed by atoms with van der Waals surface area (Å²) in [6.45, 7) is 0.280. The van der Waals surface area contributed by atoms with E-state index in [-0.39, 0.29) is 18.3 Å². The van der Waals surface area contributed by atoms with Crippen LogP contribution in [0, 0.1) is 5.82 Å². The molecule has 0 atom stereocenters. The molecule has 0 fully saturated rings. The molecule has 3 aromatic rings. The summed E-state index contributed by atoms with van der Waals surface area (Å²) in [7, 11) is 0. The number of nitrogens with zero attached hydrogens (tertiary/aromatic N) is 1. The summed E-state index contributed by atoms with van der Waals surface area (Å²) in [5, 5.41) is 6.58. The van der Waals surface area contributed by atoms with Crippen molar-refractivity contribution in [2.24, 2.45) is 0 Å². The highest BCUT2D eigenvalue weighted by Crippen LogP contribution is 2.26. The molecule has 3 rings (SSSR count). The third-order valence-corrected chi connectivity index (χ3v) is 4.17. The van der Waals surface area contributed by atoms with E-state index in [4.69, 9.17) is 23.2 Å². The normalized spacial score (nSPS) is 10.4. The van der Waals surface area contributed by atoms with Gasteiger partial charge >= 0.3 is 0 Å². The van der Waals surface area contributed by atoms with Crippen molar-refractivity contribution >= 4 is 40.5 Å². The van der Waals surface area contributed by atoms with Crippen LogP contribution in [0.15, 0.2) is 60.9 Å². The Kier molecular flexibility index (Phi) is 5.71. The third-order valence-electron chi connectivity index (χ3n) is 3.62. The Hall–Kier alpha value is -2.63. The SMILES string of the molecule is O=C(Nc1ccc(Cl)cc1Cl)c1cncc(NCc2ccccc2F)c1. The summed E-state index contributed by atoms with van der Waals surface area (Å²) >= 11 is 11.9. The minimum Gasteiger partial charge on any atom is -0.380 e. The first kappa shape index (κ1) is 18.2. The highest BCUT2D eigenvalue weighted by atomic mass is 35.5. The van der Waals surface area contributed by atoms with Gasteiger partial charge in [-0.2, -0.15) is 0 Å². The van der Waals surface area contributed by atoms with Gasteiger partial charge in [-0.1, -0.05) is 41.4 Å². The number of halogens is 3. The number of hydrogen-bond donors (Lipinski definition) is 2. The minimum atomic E-state index is -0.365. The van der Waals surface area contributed by atoms with Crippen molar-refractivity contribution in [1.29, 1.82) is 0 Å². The molecule has 0 radical (unpaired) electrons. The Bertz CT molecular complexity index is 950. The average Bonchev–Trinajstić information content (AvgIpc) is 2.63. The number of carbonyl (C=O) groups excluding carboxylic acids is 1. The molecule has 2 aromatic carbocycles. The van der Waals surface area contributed by atoms with Gasteiger partial charge in [0.25, 0.3) is 5.91 Å². The van der Waals surface area contributed by atoms with E-state index in [0.717, 1.165) is 0 Å². The summed E-state index contributed by atoms with van der Waals surface area (Å²) in [5.74, 6) is -0.657. The van der Waals surface area contributed by atoms with Crippen molar-refractivity contribution in [2.45, 2.75) is 6.54 Å². The summed E-state index contributed by atoms with van der Waals surface area (Å²) in [4.78, 5) is 16.4. The number of benzene rings is 2. The standard InChI is InChI=1S/C19H14Cl2FN3O/c20-14-5-6-18(16(21)8-14)25-19(26)13-7-15(11-23-9-13)24-10-12-3-1-2-4-17(12)22/h1-9,11,24H,10H2,(H,25,26). The van der Waals surface area contributed by atoms with Gasteiger partial charge in [0.2, 0.25) is 0 Å². The Morgan fingerprint density at radius 1 is 1.08 bits per heavy atom. The molecule has 132 valence electrons. The second-order valence-electron chi connectivity index (χ2n) is 5.49. The van der Waals surface area contributed by atoms with Crippen molar-refractivity contribution in [3.8, 4) is 0 Å². The molecule has 0 aliphatic rings. The van der Waals surface area contributed by atoms with Crippen LogP contribution in [0.1, 0.15) is 15.9 Å². The maximum absolute atomic E-state index is 13.7. The molecule has 0 saturated heterocycles. The number of hydrogen-bond acceptors (Lipinski definition) is 3. The van der Waals surface area contributed by atoms with Crippen molar-refractivity contribution in [2.75, 3.05) is 10.6 Å². The quantitative estimate of drug-likeness (QED) is 0.614. The molecule has 0 unspecified atom stereocenters. The lowest BCUT2D eigenvalue weighted by molar-refractivity contribution is 0.102. The Balaban J connectivity index is 1.70. The van der Waals surface area contributed by atoms with Crippen LogP contribution in [-0.4, -0.2) is 10.9 Å². The first-order valence-electron chi connectivity index (χ1n) is 7.71. The van der Waals surface area contributed by atoms with Gasteiger partial charge in [-0.15, -0.1) is 0 Å². The molecule has 4 nitrogen and oxygen atoms in total. The molecule has 1 aromatic heterocycles. The highest BCUT2D eigenvalue weighted by Gasteiger charge is 2.10. The average molecular weight is 390 g/mol. The number of amides is 1. The maximum atomic E-state index is 13.7. The van der Waals surface area contributed by atoms with Crippen molar-refractivity contribution in [1.82, 2.24) is 4.98 Å². The second kappa shape index (κ2) is 8.17. The van der Waals surface area contributed by atoms with Crippen molar-refractivity contribution in [3.63, 3.8) is 0 Å². The topological polar surface area (TPSA) is 54.0 Å². The van der Waals surface area contributed by atoms with E-state index in [2.05, 4.69) is 15.6 Å². The van der Waals surface area contributed by atoms with Crippen LogP contribution in [0.3, 0.4) is 0 Å². The Labute approximate surface area is 160 Å². The third kappa shape index (κ3) is 4.50. The highest BCUT2D eigenvalue weighted by molar-refractivity contribution is 6.36. The largest absolute Gasteiger partial charge is 0.380 e. The number of pyridine rings is 1. The van der Waals surface area contributed by atoms with Gasteiger partial charge in [0.1, 0.15) is 5.82 Å². The van der Waals surface area contributed by atoms with Gasteiger partial charge < -0.3 is 10.6 Å². The lowest BCUT2D eigenvalue weighted by atomic mass is 10.2. The van der Waals surface area contributed by atoms with Gasteiger partial charge in [0.05, 0.1) is 22.0 Å². The Morgan fingerprint density at radius 2 is 1.88 bits per heavy atom. The van der Waals surface area contributed by atoms with Crippen LogP contribution >= 0.6 is 23.2 Å². The van der Waals surface area contributed by atoms with E-state index >= 15 is 0 Å². The molecule has 1 heterocycles. The summed E-state index contributed by atoms with van der Waals surface area (Å²) in [6, 6.07) is 12.9. The zero-order valence-corrected chi connectivity index (χ0v) is 15.0. The monoisotopic (exact) mass is 389 g/mol. The van der Waals surface area contributed by atoms with E-state index in [1.54, 1.807) is 48.7 Å². The lowest BCUT2D eigenvalue weighted by Gasteiger charge is -2.10. The summed E-state index contributed by atoms with van der Waals surface area (Å²) in [5.41, 5.74) is 1.92. The number of aromatic nitrogens is 1. The zero-order chi connectivity index (χ0) is 18.5. The Morgan fingerprint density at radius 3 is 2.65 bits per heavy atom. The van der Waals surface area contributed by atoms with Crippen molar-refractivity contribution < 1.29 is 9.18 Å². The van der Waals surface area contributed by atoms with E-state index < -0.39 is 0 Å². The van der Waals surface area contributed by atoms with Crippen LogP contribution in [0.5, 0.6) is 0 Å². The molecular weight excluding hydrogens is 376 g/mol. The summed E-state index contributed by atoms with van der Waals surface area (Å²) in [6.07, 6.45) is 3.00. The fourth-order valence-electron chi connectivity index (χ4n) is 2.29. The number of carbonyl (C=O) groups is 1. The van der Waals surface area contributed by atoms with Gasteiger partial charge in [-0.05, 0) is 30.3 Å². The lowest BCUT2D eigenvalue weighted by Crippen LogP contribution is -2.13. The fourth-order valence-corrected chi connectivity index (χ4v) is 2.74. The molecule has 0 saturated carbocycles. The molecule has 7 heteroatoms. The van der Waals surface area contributed by atoms with Crippen LogP contribution in [0.4, 0.5) is 15.8 Å². The van der Waals surface area contributed by atoms with Crippen LogP contribution in [0.25, 0.3) is 0 Å². The molecule has 1 amide bonds. The van der Waals surface area contributed by atoms with Crippen molar-refractivity contribution in [3.05, 3.63) is 87.9 Å². The van der Waals surface area contributed by atoms with E-state index in [9.17, 15) is 9.18 Å². The molecule has 0 aliphatic carbocycles. The predicted molar refractivity (Wildman–Crippen MR) is 102 cm³/mol. The second-order valence-corrected chi connectivity index (χ2v) is 6.33. The van der Waals surface area contributed by atoms with Crippen LogP contribution in [0.2, 0.25) is 10.0 Å². The van der Waals surface area contributed by atoms with Gasteiger partial charge in [0, 0.05) is 29.5 Å².